The Bertz CT molecular complexity index is 3770. The third-order valence-corrected chi connectivity index (χ3v) is 15.0. The third kappa shape index (κ3) is 5.91. The number of benzene rings is 10. The van der Waals surface area contributed by atoms with Gasteiger partial charge in [0.05, 0.1) is 11.0 Å². The summed E-state index contributed by atoms with van der Waals surface area (Å²) in [6.45, 7) is 0. The molecule has 64 heavy (non-hydrogen) atoms. The van der Waals surface area contributed by atoms with Crippen molar-refractivity contribution >= 4 is 102 Å². The van der Waals surface area contributed by atoms with E-state index in [-0.39, 0.29) is 0 Å². The first-order valence-corrected chi connectivity index (χ1v) is 23.4. The number of para-hydroxylation sites is 2. The highest BCUT2D eigenvalue weighted by atomic mass is 32.1. The Hall–Kier alpha value is -7.76. The zero-order chi connectivity index (χ0) is 42.1. The second-order valence-electron chi connectivity index (χ2n) is 16.4. The van der Waals surface area contributed by atoms with Gasteiger partial charge < -0.3 is 9.47 Å². The first kappa shape index (κ1) is 36.9. The predicted molar refractivity (Wildman–Crippen MR) is 278 cm³/mol. The minimum absolute atomic E-state index is 1.09. The highest BCUT2D eigenvalue weighted by Crippen LogP contribution is 2.46. The van der Waals surface area contributed by atoms with Gasteiger partial charge in [0, 0.05) is 73.9 Å². The molecule has 3 heterocycles. The molecule has 4 heteroatoms. The van der Waals surface area contributed by atoms with Gasteiger partial charge in [0.2, 0.25) is 0 Å². The second kappa shape index (κ2) is 15.0. The van der Waals surface area contributed by atoms with Crippen LogP contribution in [0.15, 0.2) is 231 Å². The van der Waals surface area contributed by atoms with Gasteiger partial charge >= 0.3 is 0 Å². The normalized spacial score (nSPS) is 11.8. The van der Waals surface area contributed by atoms with Crippen LogP contribution in [0, 0.1) is 0 Å². The summed E-state index contributed by atoms with van der Waals surface area (Å²) in [7, 11) is 0. The van der Waals surface area contributed by atoms with Gasteiger partial charge in [0.15, 0.2) is 0 Å². The molecule has 0 fully saturated rings. The Balaban J connectivity index is 1.02. The summed E-state index contributed by atoms with van der Waals surface area (Å²) < 4.78 is 7.63. The number of hydrogen-bond donors (Lipinski definition) is 0. The van der Waals surface area contributed by atoms with Gasteiger partial charge in [-0.25, -0.2) is 0 Å². The SMILES string of the molecule is c1ccc(-n2c3ccccc3c3c(-c4cccc(N(c5cccc(-c6cccc7sc8ccccc8c67)c5)c5cccc(-c6cccc7sc8ccccc8c67)c5)c4)cccc32)cc1. The lowest BCUT2D eigenvalue weighted by molar-refractivity contribution is 1.18. The van der Waals surface area contributed by atoms with Gasteiger partial charge in [-0.2, -0.15) is 0 Å². The van der Waals surface area contributed by atoms with E-state index in [9.17, 15) is 0 Å². The van der Waals surface area contributed by atoms with Crippen LogP contribution in [0.25, 0.3) is 101 Å². The topological polar surface area (TPSA) is 8.17 Å². The molecule has 13 rings (SSSR count). The summed E-state index contributed by atoms with van der Waals surface area (Å²) in [6, 6.07) is 84.7. The van der Waals surface area contributed by atoms with Crippen LogP contribution in [0.1, 0.15) is 0 Å². The summed E-state index contributed by atoms with van der Waals surface area (Å²) in [5.41, 5.74) is 14.1. The largest absolute Gasteiger partial charge is 0.310 e. The number of hydrogen-bond acceptors (Lipinski definition) is 3. The van der Waals surface area contributed by atoms with Crippen LogP contribution in [-0.4, -0.2) is 4.57 Å². The van der Waals surface area contributed by atoms with Crippen molar-refractivity contribution in [1.29, 1.82) is 0 Å². The molecule has 0 aliphatic carbocycles. The second-order valence-corrected chi connectivity index (χ2v) is 18.6. The molecule has 0 bridgehead atoms. The minimum atomic E-state index is 1.09. The van der Waals surface area contributed by atoms with E-state index in [1.165, 1.54) is 95.5 Å². The maximum absolute atomic E-state index is 2.45. The van der Waals surface area contributed by atoms with Gasteiger partial charge in [-0.05, 0) is 118 Å². The molecule has 0 spiro atoms. The van der Waals surface area contributed by atoms with Gasteiger partial charge in [-0.3, -0.25) is 0 Å². The van der Waals surface area contributed by atoms with E-state index >= 15 is 0 Å². The van der Waals surface area contributed by atoms with Crippen molar-refractivity contribution in [2.45, 2.75) is 0 Å². The van der Waals surface area contributed by atoms with E-state index in [4.69, 9.17) is 0 Å². The van der Waals surface area contributed by atoms with E-state index in [0.717, 1.165) is 22.7 Å². The Kier molecular flexibility index (Phi) is 8.61. The lowest BCUT2D eigenvalue weighted by Crippen LogP contribution is -2.10. The highest BCUT2D eigenvalue weighted by Gasteiger charge is 2.20. The van der Waals surface area contributed by atoms with Gasteiger partial charge in [-0.15, -0.1) is 22.7 Å². The molecular weight excluding hydrogens is 813 g/mol. The van der Waals surface area contributed by atoms with Gasteiger partial charge in [-0.1, -0.05) is 146 Å². The van der Waals surface area contributed by atoms with Crippen LogP contribution in [0.3, 0.4) is 0 Å². The predicted octanol–water partition coefficient (Wildman–Crippen LogP) is 18.0. The quantitative estimate of drug-likeness (QED) is 0.155. The zero-order valence-electron chi connectivity index (χ0n) is 34.7. The van der Waals surface area contributed by atoms with E-state index < -0.39 is 0 Å². The number of nitrogens with zero attached hydrogens (tertiary/aromatic N) is 2. The summed E-state index contributed by atoms with van der Waals surface area (Å²) >= 11 is 3.73. The van der Waals surface area contributed by atoms with Gasteiger partial charge in [0.1, 0.15) is 0 Å². The average molecular weight is 851 g/mol. The van der Waals surface area contributed by atoms with Crippen LogP contribution in [0.2, 0.25) is 0 Å². The summed E-state index contributed by atoms with van der Waals surface area (Å²) in [4.78, 5) is 2.45. The number of aromatic nitrogens is 1. The standard InChI is InChI=1S/C60H38N2S2/c1-2-19-42(20-3-1)62-52-30-7-4-24-49(52)58-46(27-13-31-53(58)62)39-16-10-21-43(36-39)61(44-22-11-17-40(37-44)47-28-14-34-56-59(47)50-25-5-8-32-54(50)63-56)45-23-12-18-41(38-45)48-29-15-35-57-60(48)51-26-6-9-33-55(51)64-57/h1-38H. The van der Waals surface area contributed by atoms with Crippen molar-refractivity contribution in [3.05, 3.63) is 231 Å². The highest BCUT2D eigenvalue weighted by molar-refractivity contribution is 7.26. The van der Waals surface area contributed by atoms with Crippen molar-refractivity contribution in [1.82, 2.24) is 4.57 Å². The molecule has 300 valence electrons. The van der Waals surface area contributed by atoms with Crippen LogP contribution < -0.4 is 4.90 Å². The molecule has 0 N–H and O–H groups in total. The lowest BCUT2D eigenvalue weighted by Gasteiger charge is -2.27. The van der Waals surface area contributed by atoms with E-state index in [0.29, 0.717) is 0 Å². The molecule has 0 unspecified atom stereocenters. The summed E-state index contributed by atoms with van der Waals surface area (Å²) in [6.07, 6.45) is 0. The maximum atomic E-state index is 2.45. The fourth-order valence-electron chi connectivity index (χ4n) is 10.0. The Morgan fingerprint density at radius 2 is 0.703 bits per heavy atom. The molecule has 10 aromatic carbocycles. The van der Waals surface area contributed by atoms with E-state index in [2.05, 4.69) is 240 Å². The molecule has 0 saturated heterocycles. The average Bonchev–Trinajstić information content (AvgIpc) is 4.05. The van der Waals surface area contributed by atoms with Crippen molar-refractivity contribution in [3.8, 4) is 39.1 Å². The van der Waals surface area contributed by atoms with Gasteiger partial charge in [0.25, 0.3) is 0 Å². The molecule has 0 aliphatic rings. The molecular formula is C60H38N2S2. The first-order valence-electron chi connectivity index (χ1n) is 21.7. The molecule has 0 aliphatic heterocycles. The van der Waals surface area contributed by atoms with E-state index in [1.807, 2.05) is 22.7 Å². The fourth-order valence-corrected chi connectivity index (χ4v) is 12.3. The van der Waals surface area contributed by atoms with Crippen molar-refractivity contribution < 1.29 is 0 Å². The minimum Gasteiger partial charge on any atom is -0.310 e. The molecule has 0 amide bonds. The third-order valence-electron chi connectivity index (χ3n) is 12.8. The summed E-state index contributed by atoms with van der Waals surface area (Å²) in [5, 5.41) is 7.73. The van der Waals surface area contributed by atoms with Crippen LogP contribution in [-0.2, 0) is 0 Å². The number of thiophene rings is 2. The smallest absolute Gasteiger partial charge is 0.0547 e. The monoisotopic (exact) mass is 850 g/mol. The summed E-state index contributed by atoms with van der Waals surface area (Å²) in [5.74, 6) is 0. The van der Waals surface area contributed by atoms with Crippen LogP contribution in [0.5, 0.6) is 0 Å². The molecule has 0 atom stereocenters. The lowest BCUT2D eigenvalue weighted by atomic mass is 9.97. The maximum Gasteiger partial charge on any atom is 0.0547 e. The van der Waals surface area contributed by atoms with Crippen molar-refractivity contribution in [2.24, 2.45) is 0 Å². The molecule has 0 saturated carbocycles. The molecule has 2 nitrogen and oxygen atoms in total. The number of anilines is 3. The van der Waals surface area contributed by atoms with Crippen molar-refractivity contribution in [3.63, 3.8) is 0 Å². The van der Waals surface area contributed by atoms with Crippen molar-refractivity contribution in [2.75, 3.05) is 4.90 Å². The first-order chi connectivity index (χ1) is 31.7. The molecule has 3 aromatic heterocycles. The van der Waals surface area contributed by atoms with Crippen LogP contribution in [0.4, 0.5) is 17.1 Å². The Morgan fingerprint density at radius 1 is 0.297 bits per heavy atom. The zero-order valence-corrected chi connectivity index (χ0v) is 36.3. The Labute approximate surface area is 378 Å². The Morgan fingerprint density at radius 3 is 1.25 bits per heavy atom. The number of fused-ring (bicyclic) bond motifs is 9. The van der Waals surface area contributed by atoms with Crippen LogP contribution >= 0.6 is 22.7 Å². The fraction of sp³-hybridized carbons (Fsp3) is 0. The number of rotatable bonds is 7. The molecule has 0 radical (unpaired) electrons. The van der Waals surface area contributed by atoms with E-state index in [1.54, 1.807) is 0 Å². The molecule has 13 aromatic rings.